The van der Waals surface area contributed by atoms with E-state index in [0.29, 0.717) is 38.2 Å². The first-order valence-corrected chi connectivity index (χ1v) is 15.9. The molecule has 41 heavy (non-hydrogen) atoms. The zero-order valence-electron chi connectivity index (χ0n) is 21.6. The molecule has 0 aliphatic carbocycles. The molecule has 1 aromatic heterocycles. The molecule has 0 radical (unpaired) electrons. The predicted octanol–water partition coefficient (Wildman–Crippen LogP) is 5.65. The second-order valence-corrected chi connectivity index (χ2v) is 13.6. The van der Waals surface area contributed by atoms with Crippen LogP contribution < -0.4 is 4.74 Å². The van der Waals surface area contributed by atoms with E-state index >= 15 is 0 Å². The molecule has 0 bridgehead atoms. The van der Waals surface area contributed by atoms with E-state index in [4.69, 9.17) is 22.1 Å². The van der Waals surface area contributed by atoms with Gasteiger partial charge in [0.2, 0.25) is 0 Å². The second kappa shape index (κ2) is 11.2. The number of ether oxygens (including phenoxy) is 1. The van der Waals surface area contributed by atoms with Crippen molar-refractivity contribution in [1.29, 1.82) is 0 Å². The fourth-order valence-electron chi connectivity index (χ4n) is 4.83. The van der Waals surface area contributed by atoms with Crippen LogP contribution >= 0.6 is 24.0 Å². The second-order valence-electron chi connectivity index (χ2n) is 9.73. The highest BCUT2D eigenvalue weighted by Crippen LogP contribution is 2.38. The van der Waals surface area contributed by atoms with E-state index in [9.17, 15) is 17.6 Å². The third kappa shape index (κ3) is 5.83. The van der Waals surface area contributed by atoms with E-state index in [1.54, 1.807) is 41.1 Å². The van der Waals surface area contributed by atoms with Crippen molar-refractivity contribution in [1.82, 2.24) is 14.7 Å². The summed E-state index contributed by atoms with van der Waals surface area (Å²) in [5.74, 6) is -0.0529. The fourth-order valence-corrected chi connectivity index (χ4v) is 7.92. The summed E-state index contributed by atoms with van der Waals surface area (Å²) in [6, 6.07) is 23.0. The molecular weight excluding hydrogens is 582 g/mol. The Morgan fingerprint density at radius 3 is 2.49 bits per heavy atom. The maximum absolute atomic E-state index is 14.0. The topological polar surface area (TPSA) is 81.5 Å². The smallest absolute Gasteiger partial charge is 0.266 e. The average molecular weight is 606 g/mol. The number of benzene rings is 3. The van der Waals surface area contributed by atoms with E-state index in [-0.39, 0.29) is 29.8 Å². The van der Waals surface area contributed by atoms with Crippen LogP contribution in [0.1, 0.15) is 17.5 Å². The molecule has 2 aliphatic heterocycles. The van der Waals surface area contributed by atoms with Gasteiger partial charge in [-0.2, -0.15) is 5.10 Å². The molecule has 2 fully saturated rings. The molecular formula is C30H24FN3O4S3. The molecule has 6 rings (SSSR count). The van der Waals surface area contributed by atoms with Gasteiger partial charge in [0.1, 0.15) is 22.5 Å². The van der Waals surface area contributed by atoms with E-state index in [2.05, 4.69) is 0 Å². The molecule has 2 aliphatic rings. The number of para-hydroxylation sites is 1. The number of thiocarbonyl (C=S) groups is 1. The Morgan fingerprint density at radius 2 is 1.78 bits per heavy atom. The van der Waals surface area contributed by atoms with Crippen LogP contribution in [0.2, 0.25) is 0 Å². The predicted molar refractivity (Wildman–Crippen MR) is 162 cm³/mol. The van der Waals surface area contributed by atoms with Crippen molar-refractivity contribution in [3.05, 3.63) is 107 Å². The maximum atomic E-state index is 14.0. The van der Waals surface area contributed by atoms with Crippen LogP contribution in [-0.2, 0) is 21.2 Å². The monoisotopic (exact) mass is 605 g/mol. The quantitative estimate of drug-likeness (QED) is 0.199. The summed E-state index contributed by atoms with van der Waals surface area (Å²) in [6.45, 7) is 0.101. The molecule has 1 unspecified atom stereocenters. The summed E-state index contributed by atoms with van der Waals surface area (Å²) in [4.78, 5) is 15.2. The number of carbonyl (C=O) groups is 1. The van der Waals surface area contributed by atoms with Crippen LogP contribution in [0, 0.1) is 5.82 Å². The lowest BCUT2D eigenvalue weighted by molar-refractivity contribution is -0.123. The van der Waals surface area contributed by atoms with Crippen molar-refractivity contribution in [3.8, 4) is 22.7 Å². The van der Waals surface area contributed by atoms with E-state index in [1.807, 2.05) is 48.7 Å². The Hall–Kier alpha value is -3.80. The molecule has 1 amide bonds. The molecule has 2 saturated heterocycles. The molecule has 1 atom stereocenters. The van der Waals surface area contributed by atoms with Crippen LogP contribution in [0.4, 0.5) is 4.39 Å². The minimum atomic E-state index is -3.18. The van der Waals surface area contributed by atoms with Gasteiger partial charge < -0.3 is 4.74 Å². The number of hydrogen-bond acceptors (Lipinski definition) is 7. The SMILES string of the molecule is O=C1/C(=C\c2cn(-c3ccccc3)nc2-c2ccc(OCc3ccccc3F)cc2)SC(=S)N1C1CCS(=O)(=O)C1. The summed E-state index contributed by atoms with van der Waals surface area (Å²) in [6.07, 6.45) is 3.98. The highest BCUT2D eigenvalue weighted by atomic mass is 32.2. The molecule has 7 nitrogen and oxygen atoms in total. The minimum absolute atomic E-state index is 0.0573. The van der Waals surface area contributed by atoms with Gasteiger partial charge in [-0.15, -0.1) is 0 Å². The molecule has 208 valence electrons. The van der Waals surface area contributed by atoms with Gasteiger partial charge in [0.15, 0.2) is 9.84 Å². The van der Waals surface area contributed by atoms with Gasteiger partial charge in [-0.05, 0) is 55.0 Å². The number of thioether (sulfide) groups is 1. The summed E-state index contributed by atoms with van der Waals surface area (Å²) < 4.78 is 45.9. The third-order valence-corrected chi connectivity index (χ3v) is 10.0. The number of amides is 1. The Labute approximate surface area is 246 Å². The number of sulfone groups is 1. The van der Waals surface area contributed by atoms with Gasteiger partial charge >= 0.3 is 0 Å². The van der Waals surface area contributed by atoms with Gasteiger partial charge in [-0.1, -0.05) is 60.4 Å². The maximum Gasteiger partial charge on any atom is 0.266 e. The van der Waals surface area contributed by atoms with E-state index in [1.165, 1.54) is 22.7 Å². The molecule has 3 heterocycles. The van der Waals surface area contributed by atoms with Gasteiger partial charge in [-0.3, -0.25) is 9.69 Å². The Balaban J connectivity index is 1.30. The Morgan fingerprint density at radius 1 is 1.05 bits per heavy atom. The largest absolute Gasteiger partial charge is 0.489 e. The first kappa shape index (κ1) is 27.4. The number of rotatable bonds is 7. The van der Waals surface area contributed by atoms with Gasteiger partial charge in [0.05, 0.1) is 33.8 Å². The van der Waals surface area contributed by atoms with E-state index in [0.717, 1.165) is 11.3 Å². The highest BCUT2D eigenvalue weighted by Gasteiger charge is 2.42. The lowest BCUT2D eigenvalue weighted by atomic mass is 10.1. The first-order valence-electron chi connectivity index (χ1n) is 12.9. The summed E-state index contributed by atoms with van der Waals surface area (Å²) >= 11 is 6.65. The molecule has 0 N–H and O–H groups in total. The zero-order chi connectivity index (χ0) is 28.6. The van der Waals surface area contributed by atoms with Crippen molar-refractivity contribution in [2.45, 2.75) is 19.1 Å². The number of aromatic nitrogens is 2. The van der Waals surface area contributed by atoms with Crippen LogP contribution in [0.15, 0.2) is 90.0 Å². The number of hydrogen-bond donors (Lipinski definition) is 0. The van der Waals surface area contributed by atoms with Crippen molar-refractivity contribution in [2.24, 2.45) is 0 Å². The van der Waals surface area contributed by atoms with Crippen molar-refractivity contribution in [2.75, 3.05) is 11.5 Å². The molecule has 0 saturated carbocycles. The Kier molecular flexibility index (Phi) is 7.50. The number of halogens is 1. The van der Waals surface area contributed by atoms with Crippen LogP contribution in [0.5, 0.6) is 5.75 Å². The fraction of sp³-hybridized carbons (Fsp3) is 0.167. The summed E-state index contributed by atoms with van der Waals surface area (Å²) in [5, 5.41) is 4.82. The third-order valence-electron chi connectivity index (χ3n) is 6.93. The van der Waals surface area contributed by atoms with Gasteiger partial charge in [0.25, 0.3) is 5.91 Å². The van der Waals surface area contributed by atoms with Gasteiger partial charge in [-0.25, -0.2) is 17.5 Å². The molecule has 0 spiro atoms. The molecule has 11 heteroatoms. The van der Waals surface area contributed by atoms with Crippen LogP contribution in [-0.4, -0.2) is 50.9 Å². The molecule has 4 aromatic rings. The van der Waals surface area contributed by atoms with Crippen molar-refractivity contribution < 1.29 is 22.3 Å². The lowest BCUT2D eigenvalue weighted by Crippen LogP contribution is -2.39. The van der Waals surface area contributed by atoms with Crippen molar-refractivity contribution >= 4 is 50.1 Å². The summed E-state index contributed by atoms with van der Waals surface area (Å²) in [5.41, 5.74) is 3.45. The normalized spacial score (nSPS) is 19.3. The van der Waals surface area contributed by atoms with Crippen LogP contribution in [0.3, 0.4) is 0 Å². The standard InChI is InChI=1S/C30H24FN3O4S3/c31-26-9-5-4-6-21(26)18-38-25-12-10-20(11-13-25)28-22(17-33(32-28)23-7-2-1-3-8-23)16-27-29(35)34(30(39)40-27)24-14-15-41(36,37)19-24/h1-13,16-17,24H,14-15,18-19H2/b27-16+. The van der Waals surface area contributed by atoms with Crippen LogP contribution in [0.25, 0.3) is 23.0 Å². The molecule has 3 aromatic carbocycles. The minimum Gasteiger partial charge on any atom is -0.489 e. The van der Waals surface area contributed by atoms with Gasteiger partial charge in [0, 0.05) is 22.9 Å². The first-order chi connectivity index (χ1) is 19.8. The average Bonchev–Trinajstić information content (AvgIpc) is 3.63. The number of nitrogens with zero attached hydrogens (tertiary/aromatic N) is 3. The lowest BCUT2D eigenvalue weighted by Gasteiger charge is -2.20. The Bertz CT molecular complexity index is 1770. The highest BCUT2D eigenvalue weighted by molar-refractivity contribution is 8.26. The summed E-state index contributed by atoms with van der Waals surface area (Å²) in [7, 11) is -3.18. The zero-order valence-corrected chi connectivity index (χ0v) is 24.1. The number of carbonyl (C=O) groups excluding carboxylic acids is 1. The van der Waals surface area contributed by atoms with E-state index < -0.39 is 15.9 Å². The van der Waals surface area contributed by atoms with Crippen molar-refractivity contribution in [3.63, 3.8) is 0 Å².